The van der Waals surface area contributed by atoms with Crippen LogP contribution in [0.2, 0.25) is 0 Å². The minimum absolute atomic E-state index is 0.0169. The van der Waals surface area contributed by atoms with E-state index in [0.29, 0.717) is 13.0 Å². The maximum atomic E-state index is 12.3. The molecule has 1 amide bonds. The van der Waals surface area contributed by atoms with Crippen molar-refractivity contribution in [1.82, 2.24) is 5.32 Å². The van der Waals surface area contributed by atoms with Gasteiger partial charge in [-0.15, -0.1) is 0 Å². The fourth-order valence-corrected chi connectivity index (χ4v) is 3.56. The molecule has 0 heterocycles. The number of amides is 1. The Labute approximate surface area is 143 Å². The van der Waals surface area contributed by atoms with Gasteiger partial charge in [0.1, 0.15) is 0 Å². The van der Waals surface area contributed by atoms with Crippen LogP contribution in [0.5, 0.6) is 0 Å². The van der Waals surface area contributed by atoms with Crippen LogP contribution >= 0.6 is 0 Å². The van der Waals surface area contributed by atoms with Crippen LogP contribution in [0.25, 0.3) is 0 Å². The highest BCUT2D eigenvalue weighted by atomic mass is 16.3. The maximum absolute atomic E-state index is 12.3. The molecule has 1 atom stereocenters. The Kier molecular flexibility index (Phi) is 5.31. The molecule has 3 rings (SSSR count). The number of rotatable bonds is 5. The average Bonchev–Trinajstić information content (AvgIpc) is 2.77. The summed E-state index contributed by atoms with van der Waals surface area (Å²) >= 11 is 0. The van der Waals surface area contributed by atoms with Gasteiger partial charge in [0.2, 0.25) is 5.91 Å². The molecule has 0 bridgehead atoms. The molecule has 2 aromatic rings. The molecular formula is C21H25NO2. The molecule has 0 saturated carbocycles. The number of carbonyl (C=O) groups excluding carboxylic acids is 1. The summed E-state index contributed by atoms with van der Waals surface area (Å²) in [5.74, 6) is 0.0414. The lowest BCUT2D eigenvalue weighted by molar-refractivity contribution is -0.124. The maximum Gasteiger partial charge on any atom is 0.222 e. The summed E-state index contributed by atoms with van der Waals surface area (Å²) in [5, 5.41) is 12.1. The number of aliphatic hydroxyl groups is 1. The molecule has 3 nitrogen and oxygen atoms in total. The number of hydrogen-bond donors (Lipinski definition) is 2. The Balaban J connectivity index is 1.87. The summed E-state index contributed by atoms with van der Waals surface area (Å²) in [6, 6.07) is 17.1. The van der Waals surface area contributed by atoms with E-state index in [-0.39, 0.29) is 24.3 Å². The monoisotopic (exact) mass is 323 g/mol. The molecule has 0 spiro atoms. The Morgan fingerprint density at radius 2 is 1.62 bits per heavy atom. The summed E-state index contributed by atoms with van der Waals surface area (Å²) in [5.41, 5.74) is 5.38. The number of aliphatic hydroxyl groups excluding tert-OH is 1. The second-order valence-electron chi connectivity index (χ2n) is 6.61. The van der Waals surface area contributed by atoms with Crippen molar-refractivity contribution in [3.05, 3.63) is 70.8 Å². The average molecular weight is 323 g/mol. The van der Waals surface area contributed by atoms with Gasteiger partial charge in [0.15, 0.2) is 0 Å². The number of carbonyl (C=O) groups is 1. The van der Waals surface area contributed by atoms with Gasteiger partial charge in [-0.2, -0.15) is 0 Å². The van der Waals surface area contributed by atoms with Crippen molar-refractivity contribution >= 4 is 5.91 Å². The van der Waals surface area contributed by atoms with Crippen LogP contribution in [0.4, 0.5) is 0 Å². The van der Waals surface area contributed by atoms with Crippen molar-refractivity contribution in [1.29, 1.82) is 0 Å². The Hall–Kier alpha value is -2.13. The molecule has 126 valence electrons. The van der Waals surface area contributed by atoms with Crippen LogP contribution in [-0.2, 0) is 17.6 Å². The van der Waals surface area contributed by atoms with Gasteiger partial charge >= 0.3 is 0 Å². The van der Waals surface area contributed by atoms with Crippen molar-refractivity contribution in [2.75, 3.05) is 13.2 Å². The number of nitrogens with one attached hydrogen (secondary N) is 1. The molecule has 0 aliphatic heterocycles. The SMILES string of the molecule is CC(CCO)C(=O)NCC1c2ccccc2CCc2ccccc21. The summed E-state index contributed by atoms with van der Waals surface area (Å²) in [7, 11) is 0. The van der Waals surface area contributed by atoms with Crippen molar-refractivity contribution < 1.29 is 9.90 Å². The lowest BCUT2D eigenvalue weighted by Gasteiger charge is -2.22. The molecule has 1 aliphatic carbocycles. The van der Waals surface area contributed by atoms with Crippen LogP contribution < -0.4 is 5.32 Å². The quantitative estimate of drug-likeness (QED) is 0.888. The third-order valence-corrected chi connectivity index (χ3v) is 5.01. The van der Waals surface area contributed by atoms with Gasteiger partial charge in [-0.1, -0.05) is 55.5 Å². The van der Waals surface area contributed by atoms with Gasteiger partial charge in [-0.05, 0) is 41.5 Å². The van der Waals surface area contributed by atoms with E-state index in [0.717, 1.165) is 12.8 Å². The molecule has 2 aromatic carbocycles. The fraction of sp³-hybridized carbons (Fsp3) is 0.381. The first-order valence-corrected chi connectivity index (χ1v) is 8.75. The lowest BCUT2D eigenvalue weighted by Crippen LogP contribution is -2.33. The highest BCUT2D eigenvalue weighted by Gasteiger charge is 2.24. The summed E-state index contributed by atoms with van der Waals surface area (Å²) in [6.07, 6.45) is 2.58. The van der Waals surface area contributed by atoms with Gasteiger partial charge < -0.3 is 10.4 Å². The van der Waals surface area contributed by atoms with E-state index < -0.39 is 0 Å². The van der Waals surface area contributed by atoms with Gasteiger partial charge in [0.25, 0.3) is 0 Å². The smallest absolute Gasteiger partial charge is 0.222 e. The van der Waals surface area contributed by atoms with Crippen LogP contribution in [0, 0.1) is 5.92 Å². The number of benzene rings is 2. The van der Waals surface area contributed by atoms with Gasteiger partial charge in [0.05, 0.1) is 0 Å². The molecule has 2 N–H and O–H groups in total. The first-order valence-electron chi connectivity index (χ1n) is 8.75. The van der Waals surface area contributed by atoms with E-state index in [1.165, 1.54) is 22.3 Å². The summed E-state index contributed by atoms with van der Waals surface area (Å²) < 4.78 is 0. The molecule has 3 heteroatoms. The van der Waals surface area contributed by atoms with Crippen LogP contribution in [0.15, 0.2) is 48.5 Å². The first-order chi connectivity index (χ1) is 11.7. The zero-order valence-corrected chi connectivity index (χ0v) is 14.2. The minimum atomic E-state index is -0.161. The molecule has 0 saturated heterocycles. The van der Waals surface area contributed by atoms with Crippen LogP contribution in [0.3, 0.4) is 0 Å². The van der Waals surface area contributed by atoms with Gasteiger partial charge in [-0.3, -0.25) is 4.79 Å². The van der Waals surface area contributed by atoms with Crippen molar-refractivity contribution in [2.45, 2.75) is 32.1 Å². The third kappa shape index (κ3) is 3.51. The molecule has 0 radical (unpaired) electrons. The normalized spacial score (nSPS) is 15.1. The van der Waals surface area contributed by atoms with E-state index in [2.05, 4.69) is 53.8 Å². The summed E-state index contributed by atoms with van der Waals surface area (Å²) in [6.45, 7) is 2.51. The van der Waals surface area contributed by atoms with E-state index >= 15 is 0 Å². The molecule has 0 aromatic heterocycles. The standard InChI is InChI=1S/C21H25NO2/c1-15(12-13-23)21(24)22-14-20-18-8-4-2-6-16(18)10-11-17-7-3-5-9-19(17)20/h2-9,15,20,23H,10-14H2,1H3,(H,22,24). The second-order valence-corrected chi connectivity index (χ2v) is 6.61. The van der Waals surface area contributed by atoms with Crippen molar-refractivity contribution in [3.8, 4) is 0 Å². The van der Waals surface area contributed by atoms with Crippen LogP contribution in [0.1, 0.15) is 41.5 Å². The van der Waals surface area contributed by atoms with Gasteiger partial charge in [-0.25, -0.2) is 0 Å². The van der Waals surface area contributed by atoms with E-state index in [1.54, 1.807) is 0 Å². The van der Waals surface area contributed by atoms with Crippen LogP contribution in [-0.4, -0.2) is 24.2 Å². The second kappa shape index (κ2) is 7.63. The Morgan fingerprint density at radius 1 is 1.08 bits per heavy atom. The predicted molar refractivity (Wildman–Crippen MR) is 96.0 cm³/mol. The van der Waals surface area contributed by atoms with E-state index in [9.17, 15) is 4.79 Å². The highest BCUT2D eigenvalue weighted by Crippen LogP contribution is 2.33. The largest absolute Gasteiger partial charge is 0.396 e. The predicted octanol–water partition coefficient (Wildman–Crippen LogP) is 3.05. The van der Waals surface area contributed by atoms with E-state index in [1.807, 2.05) is 6.92 Å². The Morgan fingerprint density at radius 3 is 2.17 bits per heavy atom. The van der Waals surface area contributed by atoms with Gasteiger partial charge in [0, 0.05) is 25.0 Å². The van der Waals surface area contributed by atoms with Crippen molar-refractivity contribution in [2.24, 2.45) is 5.92 Å². The third-order valence-electron chi connectivity index (χ3n) is 5.01. The topological polar surface area (TPSA) is 49.3 Å². The zero-order chi connectivity index (χ0) is 16.9. The van der Waals surface area contributed by atoms with E-state index in [4.69, 9.17) is 5.11 Å². The molecule has 0 fully saturated rings. The Bertz CT molecular complexity index is 663. The first kappa shape index (κ1) is 16.7. The highest BCUT2D eigenvalue weighted by molar-refractivity contribution is 5.78. The molecule has 24 heavy (non-hydrogen) atoms. The molecule has 1 aliphatic rings. The number of aryl methyl sites for hydroxylation is 2. The number of fused-ring (bicyclic) bond motifs is 2. The minimum Gasteiger partial charge on any atom is -0.396 e. The molecule has 1 unspecified atom stereocenters. The number of hydrogen-bond acceptors (Lipinski definition) is 2. The fourth-order valence-electron chi connectivity index (χ4n) is 3.56. The lowest BCUT2D eigenvalue weighted by atomic mass is 9.88. The molecular weight excluding hydrogens is 298 g/mol. The zero-order valence-electron chi connectivity index (χ0n) is 14.2. The van der Waals surface area contributed by atoms with Crippen molar-refractivity contribution in [3.63, 3.8) is 0 Å². The summed E-state index contributed by atoms with van der Waals surface area (Å²) in [4.78, 5) is 12.3.